The molecule has 1 saturated carbocycles. The molecule has 0 bridgehead atoms. The summed E-state index contributed by atoms with van der Waals surface area (Å²) in [6.07, 6.45) is 1.27. The Morgan fingerprint density at radius 1 is 1.40 bits per heavy atom. The Morgan fingerprint density at radius 3 is 2.80 bits per heavy atom. The fourth-order valence-electron chi connectivity index (χ4n) is 1.96. The lowest BCUT2D eigenvalue weighted by Gasteiger charge is -2.04. The number of hydrogen-bond acceptors (Lipinski definition) is 2. The third-order valence-electron chi connectivity index (χ3n) is 3.21. The van der Waals surface area contributed by atoms with Crippen LogP contribution in [0.15, 0.2) is 24.3 Å². The van der Waals surface area contributed by atoms with E-state index in [0.29, 0.717) is 6.04 Å². The van der Waals surface area contributed by atoms with E-state index in [9.17, 15) is 0 Å². The van der Waals surface area contributed by atoms with Gasteiger partial charge in [-0.3, -0.25) is 0 Å². The van der Waals surface area contributed by atoms with E-state index < -0.39 is 0 Å². The second-order valence-electron chi connectivity index (χ2n) is 4.45. The molecule has 15 heavy (non-hydrogen) atoms. The van der Waals surface area contributed by atoms with E-state index in [1.54, 1.807) is 0 Å². The number of imidazole rings is 1. The first kappa shape index (κ1) is 8.77. The van der Waals surface area contributed by atoms with Crippen LogP contribution in [0, 0.1) is 5.92 Å². The van der Waals surface area contributed by atoms with Crippen LogP contribution in [0.1, 0.15) is 13.3 Å². The molecule has 0 amide bonds. The fourth-order valence-corrected chi connectivity index (χ4v) is 1.96. The predicted octanol–water partition coefficient (Wildman–Crippen LogP) is 2.39. The lowest BCUT2D eigenvalue weighted by atomic mass is 10.3. The Hall–Kier alpha value is -1.51. The van der Waals surface area contributed by atoms with Crippen molar-refractivity contribution >= 4 is 17.0 Å². The van der Waals surface area contributed by atoms with E-state index in [4.69, 9.17) is 0 Å². The van der Waals surface area contributed by atoms with Gasteiger partial charge in [-0.05, 0) is 24.5 Å². The minimum absolute atomic E-state index is 0.625. The van der Waals surface area contributed by atoms with Gasteiger partial charge in [0, 0.05) is 13.1 Å². The van der Waals surface area contributed by atoms with Crippen LogP contribution in [-0.2, 0) is 7.05 Å². The SMILES string of the molecule is CC1CC1Nc1nc2ccccc2n1C. The number of nitrogens with zero attached hydrogens (tertiary/aromatic N) is 2. The molecule has 2 aromatic rings. The van der Waals surface area contributed by atoms with E-state index in [1.807, 2.05) is 12.1 Å². The van der Waals surface area contributed by atoms with Gasteiger partial charge in [0.2, 0.25) is 5.95 Å². The van der Waals surface area contributed by atoms with Gasteiger partial charge in [-0.25, -0.2) is 4.98 Å². The van der Waals surface area contributed by atoms with Crippen molar-refractivity contribution in [1.82, 2.24) is 9.55 Å². The molecule has 3 nitrogen and oxygen atoms in total. The minimum Gasteiger partial charge on any atom is -0.353 e. The van der Waals surface area contributed by atoms with Crippen LogP contribution in [0.2, 0.25) is 0 Å². The van der Waals surface area contributed by atoms with Crippen LogP contribution < -0.4 is 5.32 Å². The summed E-state index contributed by atoms with van der Waals surface area (Å²) in [5.41, 5.74) is 2.25. The molecule has 1 aliphatic rings. The molecule has 0 radical (unpaired) electrons. The Bertz CT molecular complexity index is 501. The molecular weight excluding hydrogens is 186 g/mol. The van der Waals surface area contributed by atoms with Gasteiger partial charge >= 0.3 is 0 Å². The van der Waals surface area contributed by atoms with Crippen LogP contribution in [-0.4, -0.2) is 15.6 Å². The van der Waals surface area contributed by atoms with Gasteiger partial charge in [-0.1, -0.05) is 19.1 Å². The van der Waals surface area contributed by atoms with E-state index in [2.05, 4.69) is 41.0 Å². The second kappa shape index (κ2) is 2.99. The van der Waals surface area contributed by atoms with Crippen molar-refractivity contribution in [1.29, 1.82) is 0 Å². The van der Waals surface area contributed by atoms with Crippen LogP contribution in [0.5, 0.6) is 0 Å². The van der Waals surface area contributed by atoms with Gasteiger partial charge in [-0.2, -0.15) is 0 Å². The first-order valence-corrected chi connectivity index (χ1v) is 5.43. The Balaban J connectivity index is 2.00. The van der Waals surface area contributed by atoms with Gasteiger partial charge < -0.3 is 9.88 Å². The maximum absolute atomic E-state index is 4.58. The topological polar surface area (TPSA) is 29.9 Å². The first-order valence-electron chi connectivity index (χ1n) is 5.43. The Labute approximate surface area is 89.1 Å². The van der Waals surface area contributed by atoms with Crippen molar-refractivity contribution in [2.24, 2.45) is 13.0 Å². The van der Waals surface area contributed by atoms with E-state index in [1.165, 1.54) is 11.9 Å². The highest BCUT2D eigenvalue weighted by Gasteiger charge is 2.33. The zero-order chi connectivity index (χ0) is 10.4. The number of para-hydroxylation sites is 2. The summed E-state index contributed by atoms with van der Waals surface area (Å²) >= 11 is 0. The summed E-state index contributed by atoms with van der Waals surface area (Å²) < 4.78 is 2.13. The van der Waals surface area contributed by atoms with Crippen LogP contribution in [0.25, 0.3) is 11.0 Å². The van der Waals surface area contributed by atoms with Gasteiger partial charge in [0.1, 0.15) is 0 Å². The predicted molar refractivity (Wildman–Crippen MR) is 61.9 cm³/mol. The van der Waals surface area contributed by atoms with Gasteiger partial charge in [-0.15, -0.1) is 0 Å². The van der Waals surface area contributed by atoms with E-state index in [0.717, 1.165) is 17.4 Å². The summed E-state index contributed by atoms with van der Waals surface area (Å²) in [5, 5.41) is 3.48. The summed E-state index contributed by atoms with van der Waals surface area (Å²) in [4.78, 5) is 4.58. The molecule has 78 valence electrons. The zero-order valence-electron chi connectivity index (χ0n) is 9.07. The largest absolute Gasteiger partial charge is 0.353 e. The second-order valence-corrected chi connectivity index (χ2v) is 4.45. The number of fused-ring (bicyclic) bond motifs is 1. The quantitative estimate of drug-likeness (QED) is 0.808. The summed E-state index contributed by atoms with van der Waals surface area (Å²) in [7, 11) is 2.06. The minimum atomic E-state index is 0.625. The van der Waals surface area contributed by atoms with Crippen molar-refractivity contribution in [3.63, 3.8) is 0 Å². The number of anilines is 1. The zero-order valence-corrected chi connectivity index (χ0v) is 9.07. The number of nitrogens with one attached hydrogen (secondary N) is 1. The molecule has 1 aliphatic carbocycles. The number of aryl methyl sites for hydroxylation is 1. The maximum atomic E-state index is 4.58. The molecule has 3 rings (SSSR count). The highest BCUT2D eigenvalue weighted by molar-refractivity contribution is 5.78. The smallest absolute Gasteiger partial charge is 0.203 e. The number of hydrogen-bond donors (Lipinski definition) is 1. The van der Waals surface area contributed by atoms with Crippen molar-refractivity contribution in [3.8, 4) is 0 Å². The molecule has 2 unspecified atom stereocenters. The highest BCUT2D eigenvalue weighted by Crippen LogP contribution is 2.32. The van der Waals surface area contributed by atoms with Gasteiger partial charge in [0.15, 0.2) is 0 Å². The normalized spacial score (nSPS) is 24.4. The lowest BCUT2D eigenvalue weighted by molar-refractivity contribution is 0.882. The monoisotopic (exact) mass is 201 g/mol. The molecule has 3 heteroatoms. The standard InChI is InChI=1S/C12H15N3/c1-8-7-10(8)14-12-13-9-5-3-4-6-11(9)15(12)2/h3-6,8,10H,7H2,1-2H3,(H,13,14). The molecule has 1 fully saturated rings. The lowest BCUT2D eigenvalue weighted by Crippen LogP contribution is -2.08. The number of aromatic nitrogens is 2. The fraction of sp³-hybridized carbons (Fsp3) is 0.417. The van der Waals surface area contributed by atoms with Crippen molar-refractivity contribution in [2.45, 2.75) is 19.4 Å². The molecule has 1 aromatic carbocycles. The number of rotatable bonds is 2. The Kier molecular flexibility index (Phi) is 1.75. The molecule has 0 saturated heterocycles. The first-order chi connectivity index (χ1) is 7.25. The third kappa shape index (κ3) is 1.39. The van der Waals surface area contributed by atoms with E-state index >= 15 is 0 Å². The van der Waals surface area contributed by atoms with Gasteiger partial charge in [0.05, 0.1) is 11.0 Å². The molecule has 0 spiro atoms. The molecule has 2 atom stereocenters. The number of benzene rings is 1. The maximum Gasteiger partial charge on any atom is 0.203 e. The molecule has 0 aliphatic heterocycles. The summed E-state index contributed by atoms with van der Waals surface area (Å²) in [5.74, 6) is 1.79. The third-order valence-corrected chi connectivity index (χ3v) is 3.21. The summed E-state index contributed by atoms with van der Waals surface area (Å²) in [6.45, 7) is 2.26. The van der Waals surface area contributed by atoms with Crippen molar-refractivity contribution < 1.29 is 0 Å². The summed E-state index contributed by atoms with van der Waals surface area (Å²) in [6, 6.07) is 8.85. The average molecular weight is 201 g/mol. The van der Waals surface area contributed by atoms with E-state index in [-0.39, 0.29) is 0 Å². The van der Waals surface area contributed by atoms with Crippen molar-refractivity contribution in [2.75, 3.05) is 5.32 Å². The Morgan fingerprint density at radius 2 is 2.13 bits per heavy atom. The van der Waals surface area contributed by atoms with Crippen LogP contribution in [0.4, 0.5) is 5.95 Å². The van der Waals surface area contributed by atoms with Crippen molar-refractivity contribution in [3.05, 3.63) is 24.3 Å². The molecule has 1 heterocycles. The van der Waals surface area contributed by atoms with Crippen LogP contribution in [0.3, 0.4) is 0 Å². The average Bonchev–Trinajstić information content (AvgIpc) is 2.83. The highest BCUT2D eigenvalue weighted by atomic mass is 15.2. The van der Waals surface area contributed by atoms with Crippen LogP contribution >= 0.6 is 0 Å². The molecule has 1 aromatic heterocycles. The van der Waals surface area contributed by atoms with Gasteiger partial charge in [0.25, 0.3) is 0 Å². The molecule has 1 N–H and O–H groups in total. The molecular formula is C12H15N3.